The Morgan fingerprint density at radius 3 is 2.43 bits per heavy atom. The van der Waals surface area contributed by atoms with Gasteiger partial charge in [-0.1, -0.05) is 23.7 Å². The molecular formula is C39H36ClN7O6S. The normalized spacial score (nSPS) is 21.5. The highest BCUT2D eigenvalue weighted by molar-refractivity contribution is 7.15. The van der Waals surface area contributed by atoms with Gasteiger partial charge in [0.05, 0.1) is 23.3 Å². The smallest absolute Gasteiger partial charge is 0.262 e. The predicted octanol–water partition coefficient (Wildman–Crippen LogP) is 4.98. The van der Waals surface area contributed by atoms with E-state index in [0.29, 0.717) is 55.4 Å². The summed E-state index contributed by atoms with van der Waals surface area (Å²) in [6.07, 6.45) is 2.79. The third-order valence-electron chi connectivity index (χ3n) is 11.5. The van der Waals surface area contributed by atoms with Crippen LogP contribution in [-0.4, -0.2) is 84.5 Å². The Kier molecular flexibility index (Phi) is 8.12. The Morgan fingerprint density at radius 2 is 1.70 bits per heavy atom. The van der Waals surface area contributed by atoms with Crippen LogP contribution in [-0.2, 0) is 20.8 Å². The number of imide groups is 2. The lowest BCUT2D eigenvalue weighted by Crippen LogP contribution is -2.54. The molecular weight excluding hydrogens is 730 g/mol. The van der Waals surface area contributed by atoms with Crippen molar-refractivity contribution >= 4 is 58.2 Å². The van der Waals surface area contributed by atoms with Crippen LogP contribution in [0.25, 0.3) is 5.00 Å². The van der Waals surface area contributed by atoms with Crippen molar-refractivity contribution in [3.8, 4) is 10.8 Å². The number of carbonyl (C=O) groups excluding carboxylic acids is 5. The fourth-order valence-corrected chi connectivity index (χ4v) is 9.76. The van der Waals surface area contributed by atoms with Crippen molar-refractivity contribution < 1.29 is 28.7 Å². The number of aromatic nitrogens is 3. The molecule has 7 heterocycles. The van der Waals surface area contributed by atoms with Gasteiger partial charge in [0.25, 0.3) is 11.8 Å². The van der Waals surface area contributed by atoms with E-state index in [0.717, 1.165) is 43.7 Å². The second-order valence-corrected chi connectivity index (χ2v) is 16.4. The molecule has 2 aromatic carbocycles. The second-order valence-electron chi connectivity index (χ2n) is 14.7. The molecule has 1 spiro atoms. The van der Waals surface area contributed by atoms with E-state index >= 15 is 0 Å². The van der Waals surface area contributed by atoms with Crippen molar-refractivity contribution in [3.05, 3.63) is 91.3 Å². The van der Waals surface area contributed by atoms with Crippen LogP contribution in [0.15, 0.2) is 41.4 Å². The number of piperidine rings is 2. The number of amides is 5. The molecule has 1 unspecified atom stereocenters. The third kappa shape index (κ3) is 5.48. The Labute approximate surface area is 319 Å². The van der Waals surface area contributed by atoms with Crippen molar-refractivity contribution in [2.75, 3.05) is 13.1 Å². The van der Waals surface area contributed by atoms with Crippen LogP contribution in [0.4, 0.5) is 0 Å². The number of benzene rings is 2. The van der Waals surface area contributed by atoms with E-state index in [2.05, 4.69) is 29.4 Å². The van der Waals surface area contributed by atoms with Gasteiger partial charge in [-0.2, -0.15) is 0 Å². The van der Waals surface area contributed by atoms with Gasteiger partial charge < -0.3 is 9.64 Å². The number of hydrogen-bond donors (Lipinski definition) is 1. The first-order chi connectivity index (χ1) is 25.9. The first-order valence-corrected chi connectivity index (χ1v) is 19.3. The molecule has 276 valence electrons. The molecule has 15 heteroatoms. The van der Waals surface area contributed by atoms with Crippen LogP contribution in [0.2, 0.25) is 5.02 Å². The lowest BCUT2D eigenvalue weighted by atomic mass is 9.82. The molecule has 0 aliphatic carbocycles. The first-order valence-electron chi connectivity index (χ1n) is 18.1. The summed E-state index contributed by atoms with van der Waals surface area (Å²) in [5.41, 5.74) is 4.57. The maximum atomic E-state index is 14.1. The number of aryl methyl sites for hydroxylation is 3. The number of fused-ring (bicyclic) bond motifs is 5. The van der Waals surface area contributed by atoms with E-state index < -0.39 is 41.3 Å². The minimum Gasteiger partial charge on any atom is -0.487 e. The lowest BCUT2D eigenvalue weighted by Gasteiger charge is -2.44. The number of nitrogens with zero attached hydrogens (tertiary/aromatic N) is 6. The van der Waals surface area contributed by atoms with Gasteiger partial charge in [0.15, 0.2) is 5.82 Å². The predicted molar refractivity (Wildman–Crippen MR) is 199 cm³/mol. The van der Waals surface area contributed by atoms with Gasteiger partial charge >= 0.3 is 0 Å². The van der Waals surface area contributed by atoms with Gasteiger partial charge in [0, 0.05) is 53.4 Å². The van der Waals surface area contributed by atoms with Gasteiger partial charge in [-0.05, 0) is 75.4 Å². The zero-order valence-corrected chi connectivity index (χ0v) is 31.5. The van der Waals surface area contributed by atoms with Crippen LogP contribution >= 0.6 is 22.9 Å². The average Bonchev–Trinajstić information content (AvgIpc) is 3.72. The van der Waals surface area contributed by atoms with E-state index in [4.69, 9.17) is 21.3 Å². The van der Waals surface area contributed by atoms with Crippen molar-refractivity contribution in [1.29, 1.82) is 0 Å². The molecule has 0 bridgehead atoms. The molecule has 5 aliphatic rings. The molecule has 2 aromatic heterocycles. The van der Waals surface area contributed by atoms with Crippen LogP contribution in [0.3, 0.4) is 0 Å². The molecule has 2 saturated heterocycles. The van der Waals surface area contributed by atoms with Crippen LogP contribution in [0.1, 0.15) is 104 Å². The average molecular weight is 766 g/mol. The van der Waals surface area contributed by atoms with Crippen LogP contribution < -0.4 is 10.1 Å². The minimum atomic E-state index is -1.03. The fraction of sp³-hybridized carbons (Fsp3) is 0.385. The Morgan fingerprint density at radius 1 is 0.981 bits per heavy atom. The molecule has 2 fully saturated rings. The maximum absolute atomic E-state index is 14.1. The molecule has 1 N–H and O–H groups in total. The summed E-state index contributed by atoms with van der Waals surface area (Å²) in [5, 5.41) is 12.8. The number of rotatable bonds is 4. The van der Waals surface area contributed by atoms with Crippen molar-refractivity contribution in [2.24, 2.45) is 4.99 Å². The van der Waals surface area contributed by atoms with Gasteiger partial charge in [-0.15, -0.1) is 21.5 Å². The number of halogens is 1. The second kappa shape index (κ2) is 12.7. The third-order valence-corrected chi connectivity index (χ3v) is 13.0. The number of aliphatic imine (C=N–C) groups is 1. The molecule has 5 aliphatic heterocycles. The van der Waals surface area contributed by atoms with Gasteiger partial charge in [-0.3, -0.25) is 43.7 Å². The summed E-state index contributed by atoms with van der Waals surface area (Å²) in [5.74, 6) is -0.300. The highest BCUT2D eigenvalue weighted by atomic mass is 35.5. The Bertz CT molecular complexity index is 2360. The molecule has 5 amide bonds. The maximum Gasteiger partial charge on any atom is 0.262 e. The Hall–Kier alpha value is -5.21. The number of ether oxygens (including phenoxy) is 1. The first kappa shape index (κ1) is 34.6. The summed E-state index contributed by atoms with van der Waals surface area (Å²) >= 11 is 7.93. The largest absolute Gasteiger partial charge is 0.487 e. The number of carbonyl (C=O) groups is 5. The van der Waals surface area contributed by atoms with Gasteiger partial charge in [0.1, 0.15) is 34.3 Å². The van der Waals surface area contributed by atoms with Gasteiger partial charge in [-0.25, -0.2) is 0 Å². The summed E-state index contributed by atoms with van der Waals surface area (Å²) in [6, 6.07) is 9.33. The topological polar surface area (TPSA) is 156 Å². The fourth-order valence-electron chi connectivity index (χ4n) is 8.42. The molecule has 13 nitrogen and oxygen atoms in total. The number of hydrogen-bond acceptors (Lipinski definition) is 10. The zero-order valence-electron chi connectivity index (χ0n) is 29.9. The van der Waals surface area contributed by atoms with Crippen LogP contribution in [0, 0.1) is 20.8 Å². The number of nitrogens with one attached hydrogen (secondary N) is 1. The summed E-state index contributed by atoms with van der Waals surface area (Å²) < 4.78 is 8.70. The van der Waals surface area contributed by atoms with E-state index in [1.54, 1.807) is 23.5 Å². The minimum absolute atomic E-state index is 0.0360. The van der Waals surface area contributed by atoms with Gasteiger partial charge in [0.2, 0.25) is 17.7 Å². The standard InChI is InChI=1S/C39H36ClN7O6S/c1-19-20(2)54-38-32(19)33(22-4-6-24(40)7-5-22)41-27(34-44-43-21(3)46(34)38)18-31(49)45-14-12-39(13-15-45)11-10-23-16-25-26(17-29(23)53-39)37(52)47(36(25)51)28-8-9-30(48)42-35(28)50/h4-7,16-17,27-28H,8-15,18H2,1-3H3,(H,42,48,50)/t27-,28?/m0/s1. The summed E-state index contributed by atoms with van der Waals surface area (Å²) in [6.45, 7) is 7.07. The quantitative estimate of drug-likeness (QED) is 0.286. The highest BCUT2D eigenvalue weighted by Crippen LogP contribution is 2.44. The molecule has 4 aromatic rings. The van der Waals surface area contributed by atoms with E-state index in [-0.39, 0.29) is 36.3 Å². The highest BCUT2D eigenvalue weighted by Gasteiger charge is 2.47. The summed E-state index contributed by atoms with van der Waals surface area (Å²) in [4.78, 5) is 74.5. The van der Waals surface area contributed by atoms with Crippen molar-refractivity contribution in [1.82, 2.24) is 29.9 Å². The monoisotopic (exact) mass is 765 g/mol. The number of likely N-dealkylation sites (tertiary alicyclic amines) is 1. The molecule has 2 atom stereocenters. The van der Waals surface area contributed by atoms with Crippen LogP contribution in [0.5, 0.6) is 5.75 Å². The lowest BCUT2D eigenvalue weighted by molar-refractivity contribution is -0.137. The van der Waals surface area contributed by atoms with Crippen molar-refractivity contribution in [2.45, 2.75) is 83.4 Å². The molecule has 0 radical (unpaired) electrons. The van der Waals surface area contributed by atoms with E-state index in [9.17, 15) is 24.0 Å². The molecule has 0 saturated carbocycles. The SMILES string of the molecule is Cc1sc2c(c1C)C(c1ccc(Cl)cc1)=N[C@@H](CC(=O)N1CCC3(CCc4cc5c(cc4O3)C(=O)N(C3CCC(=O)NC3=O)C5=O)CC1)c1nnc(C)n1-2. The molecule has 54 heavy (non-hydrogen) atoms. The Balaban J connectivity index is 0.933. The molecule has 9 rings (SSSR count). The zero-order chi connectivity index (χ0) is 37.6. The number of thiophene rings is 1. The van der Waals surface area contributed by atoms with Crippen molar-refractivity contribution in [3.63, 3.8) is 0 Å². The van der Waals surface area contributed by atoms with E-state index in [1.165, 1.54) is 4.88 Å². The van der Waals surface area contributed by atoms with E-state index in [1.807, 2.05) is 40.7 Å². The summed E-state index contributed by atoms with van der Waals surface area (Å²) in [7, 11) is 0.